The van der Waals surface area contributed by atoms with Gasteiger partial charge in [0.25, 0.3) is 0 Å². The summed E-state index contributed by atoms with van der Waals surface area (Å²) in [6, 6.07) is 10.4. The van der Waals surface area contributed by atoms with Crippen molar-refractivity contribution >= 4 is 19.2 Å². The van der Waals surface area contributed by atoms with E-state index in [4.69, 9.17) is 5.11 Å². The zero-order valence-corrected chi connectivity index (χ0v) is 12.1. The van der Waals surface area contributed by atoms with Crippen LogP contribution in [0.1, 0.15) is 25.7 Å². The first-order valence-electron chi connectivity index (χ1n) is 6.30. The van der Waals surface area contributed by atoms with E-state index >= 15 is 0 Å². The third-order valence-electron chi connectivity index (χ3n) is 2.84. The molecule has 0 spiro atoms. The Balaban J connectivity index is 2.44. The maximum absolute atomic E-state index is 10.3. The highest BCUT2D eigenvalue weighted by Crippen LogP contribution is 2.03. The van der Waals surface area contributed by atoms with E-state index in [-0.39, 0.29) is 6.42 Å². The number of carboxylic acid groups (broad SMARTS) is 1. The first-order chi connectivity index (χ1) is 8.52. The number of rotatable bonds is 5. The van der Waals surface area contributed by atoms with Crippen LogP contribution in [0.15, 0.2) is 30.3 Å². The largest absolute Gasteiger partial charge is 0.481 e. The Bertz CT molecular complexity index is 441. The lowest BCUT2D eigenvalue weighted by molar-refractivity contribution is -0.137. The van der Waals surface area contributed by atoms with Gasteiger partial charge in [0.05, 0.1) is 0 Å². The van der Waals surface area contributed by atoms with Gasteiger partial charge in [-0.05, 0) is 18.0 Å². The van der Waals surface area contributed by atoms with Crippen LogP contribution in [0.2, 0.25) is 13.1 Å². The first-order valence-corrected chi connectivity index (χ1v) is 9.30. The van der Waals surface area contributed by atoms with Crippen molar-refractivity contribution < 1.29 is 9.90 Å². The molecule has 1 rings (SSSR count). The summed E-state index contributed by atoms with van der Waals surface area (Å²) in [5.74, 6) is 2.50. The highest BCUT2D eigenvalue weighted by atomic mass is 28.3. The van der Waals surface area contributed by atoms with Crippen molar-refractivity contribution in [3.63, 3.8) is 0 Å². The van der Waals surface area contributed by atoms with Crippen LogP contribution in [0.4, 0.5) is 0 Å². The third kappa shape index (κ3) is 5.20. The molecule has 1 aromatic carbocycles. The van der Waals surface area contributed by atoms with Gasteiger partial charge in [-0.15, -0.1) is 11.5 Å². The van der Waals surface area contributed by atoms with Crippen molar-refractivity contribution in [3.8, 4) is 11.5 Å². The minimum absolute atomic E-state index is 0.251. The van der Waals surface area contributed by atoms with Gasteiger partial charge < -0.3 is 5.11 Å². The molecule has 1 N–H and O–H groups in total. The number of carbonyl (C=O) groups is 1. The SMILES string of the molecule is C[Si](C)(C#CCCCCC(=O)O)c1ccccc1. The molecular formula is C15H20O2Si. The van der Waals surface area contributed by atoms with Crippen molar-refractivity contribution in [3.05, 3.63) is 30.3 Å². The van der Waals surface area contributed by atoms with Gasteiger partial charge in [0.1, 0.15) is 0 Å². The van der Waals surface area contributed by atoms with Crippen LogP contribution in [0.5, 0.6) is 0 Å². The van der Waals surface area contributed by atoms with Gasteiger partial charge in [0.15, 0.2) is 8.07 Å². The summed E-state index contributed by atoms with van der Waals surface area (Å²) in [4.78, 5) is 10.3. The Morgan fingerprint density at radius 2 is 1.89 bits per heavy atom. The van der Waals surface area contributed by atoms with E-state index in [0.717, 1.165) is 19.3 Å². The summed E-state index contributed by atoms with van der Waals surface area (Å²) in [6.07, 6.45) is 2.65. The molecule has 0 heterocycles. The van der Waals surface area contributed by atoms with Crippen LogP contribution in [-0.2, 0) is 4.79 Å². The second kappa shape index (κ2) is 7.02. The van der Waals surface area contributed by atoms with Gasteiger partial charge >= 0.3 is 5.97 Å². The van der Waals surface area contributed by atoms with Crippen molar-refractivity contribution in [2.24, 2.45) is 0 Å². The molecule has 0 aromatic heterocycles. The monoisotopic (exact) mass is 260 g/mol. The van der Waals surface area contributed by atoms with Crippen LogP contribution in [-0.4, -0.2) is 19.1 Å². The number of carboxylic acids is 1. The van der Waals surface area contributed by atoms with Gasteiger partial charge in [-0.25, -0.2) is 0 Å². The standard InChI is InChI=1S/C15H20O2Si/c1-18(2,14-10-6-5-7-11-14)13-9-4-3-8-12-15(16)17/h5-7,10-11H,3-4,8,12H2,1-2H3,(H,16,17). The summed E-state index contributed by atoms with van der Waals surface area (Å²) in [5.41, 5.74) is 3.40. The Hall–Kier alpha value is -1.53. The average Bonchev–Trinajstić information content (AvgIpc) is 2.34. The van der Waals surface area contributed by atoms with Crippen molar-refractivity contribution in [1.82, 2.24) is 0 Å². The highest BCUT2D eigenvalue weighted by Gasteiger charge is 2.19. The van der Waals surface area contributed by atoms with Gasteiger partial charge in [-0.3, -0.25) is 4.79 Å². The Morgan fingerprint density at radius 1 is 1.22 bits per heavy atom. The van der Waals surface area contributed by atoms with E-state index in [9.17, 15) is 4.79 Å². The number of benzene rings is 1. The summed E-state index contributed by atoms with van der Waals surface area (Å²) in [7, 11) is -1.64. The number of unbranched alkanes of at least 4 members (excludes halogenated alkanes) is 2. The van der Waals surface area contributed by atoms with Gasteiger partial charge in [0.2, 0.25) is 0 Å². The second-order valence-corrected chi connectivity index (χ2v) is 8.97. The molecule has 0 fully saturated rings. The Kier molecular flexibility index (Phi) is 5.67. The van der Waals surface area contributed by atoms with E-state index < -0.39 is 14.0 Å². The molecule has 0 saturated heterocycles. The molecule has 3 heteroatoms. The van der Waals surface area contributed by atoms with Gasteiger partial charge in [-0.1, -0.05) is 43.4 Å². The number of aliphatic carboxylic acids is 1. The topological polar surface area (TPSA) is 37.3 Å². The zero-order chi connectivity index (χ0) is 13.4. The minimum Gasteiger partial charge on any atom is -0.481 e. The molecule has 0 saturated carbocycles. The quantitative estimate of drug-likeness (QED) is 0.502. The fourth-order valence-electron chi connectivity index (χ4n) is 1.70. The predicted molar refractivity (Wildman–Crippen MR) is 77.4 cm³/mol. The van der Waals surface area contributed by atoms with Crippen molar-refractivity contribution in [2.45, 2.75) is 38.8 Å². The molecule has 96 valence electrons. The highest BCUT2D eigenvalue weighted by molar-refractivity contribution is 6.96. The van der Waals surface area contributed by atoms with E-state index in [1.807, 2.05) is 6.07 Å². The molecule has 2 nitrogen and oxygen atoms in total. The van der Waals surface area contributed by atoms with E-state index in [1.54, 1.807) is 0 Å². The molecular weight excluding hydrogens is 240 g/mol. The van der Waals surface area contributed by atoms with E-state index in [0.29, 0.717) is 0 Å². The average molecular weight is 260 g/mol. The van der Waals surface area contributed by atoms with Crippen LogP contribution in [0, 0.1) is 11.5 Å². The Labute approximate surface area is 110 Å². The van der Waals surface area contributed by atoms with Crippen molar-refractivity contribution in [1.29, 1.82) is 0 Å². The smallest absolute Gasteiger partial charge is 0.303 e. The third-order valence-corrected chi connectivity index (χ3v) is 5.42. The molecule has 1 aromatic rings. The lowest BCUT2D eigenvalue weighted by atomic mass is 10.2. The van der Waals surface area contributed by atoms with Crippen molar-refractivity contribution in [2.75, 3.05) is 0 Å². The summed E-state index contributed by atoms with van der Waals surface area (Å²) < 4.78 is 0. The molecule has 0 aliphatic carbocycles. The molecule has 0 bridgehead atoms. The normalized spacial score (nSPS) is 10.6. The van der Waals surface area contributed by atoms with E-state index in [2.05, 4.69) is 48.8 Å². The van der Waals surface area contributed by atoms with E-state index in [1.165, 1.54) is 5.19 Å². The zero-order valence-electron chi connectivity index (χ0n) is 11.1. The summed E-state index contributed by atoms with van der Waals surface area (Å²) in [6.45, 7) is 4.49. The fraction of sp³-hybridized carbons (Fsp3) is 0.400. The van der Waals surface area contributed by atoms with Crippen LogP contribution < -0.4 is 5.19 Å². The second-order valence-electron chi connectivity index (χ2n) is 4.89. The summed E-state index contributed by atoms with van der Waals surface area (Å²) in [5, 5.41) is 9.87. The summed E-state index contributed by atoms with van der Waals surface area (Å²) >= 11 is 0. The molecule has 0 radical (unpaired) electrons. The molecule has 0 aliphatic heterocycles. The molecule has 0 amide bonds. The van der Waals surface area contributed by atoms with Crippen LogP contribution >= 0.6 is 0 Å². The maximum atomic E-state index is 10.3. The lowest BCUT2D eigenvalue weighted by Crippen LogP contribution is -2.39. The number of hydrogen-bond donors (Lipinski definition) is 1. The van der Waals surface area contributed by atoms with Gasteiger partial charge in [0, 0.05) is 12.8 Å². The minimum atomic E-state index is -1.64. The fourth-order valence-corrected chi connectivity index (χ4v) is 3.44. The van der Waals surface area contributed by atoms with Crippen LogP contribution in [0.25, 0.3) is 0 Å². The predicted octanol–water partition coefficient (Wildman–Crippen LogP) is 2.79. The molecule has 0 atom stereocenters. The van der Waals surface area contributed by atoms with Gasteiger partial charge in [-0.2, -0.15) is 0 Å². The molecule has 0 unspecified atom stereocenters. The lowest BCUT2D eigenvalue weighted by Gasteiger charge is -2.14. The first kappa shape index (κ1) is 14.5. The maximum Gasteiger partial charge on any atom is 0.303 e. The molecule has 18 heavy (non-hydrogen) atoms. The number of hydrogen-bond acceptors (Lipinski definition) is 1. The van der Waals surface area contributed by atoms with Crippen LogP contribution in [0.3, 0.4) is 0 Å². The molecule has 0 aliphatic rings. The Morgan fingerprint density at radius 3 is 2.50 bits per heavy atom.